The van der Waals surface area contributed by atoms with Gasteiger partial charge in [0.1, 0.15) is 5.69 Å². The van der Waals surface area contributed by atoms with E-state index in [1.165, 1.54) is 24.3 Å². The molecular weight excluding hydrogens is 324 g/mol. The number of nitro groups is 1. The van der Waals surface area contributed by atoms with Gasteiger partial charge in [-0.05, 0) is 17.7 Å². The van der Waals surface area contributed by atoms with Gasteiger partial charge in [0.2, 0.25) is 11.5 Å². The molecule has 0 aliphatic rings. The van der Waals surface area contributed by atoms with Crippen molar-refractivity contribution in [3.63, 3.8) is 0 Å². The summed E-state index contributed by atoms with van der Waals surface area (Å²) in [5.41, 5.74) is -0.551. The summed E-state index contributed by atoms with van der Waals surface area (Å²) in [7, 11) is 0. The van der Waals surface area contributed by atoms with Crippen LogP contribution >= 0.6 is 0 Å². The molecule has 3 rings (SSSR count). The Bertz CT molecular complexity index is 1040. The molecule has 124 valence electrons. The maximum Gasteiger partial charge on any atom is 0.360 e. The van der Waals surface area contributed by atoms with E-state index in [2.05, 4.69) is 5.32 Å². The van der Waals surface area contributed by atoms with E-state index in [0.717, 1.165) is 5.56 Å². The summed E-state index contributed by atoms with van der Waals surface area (Å²) in [6.07, 6.45) is 2.88. The predicted octanol–water partition coefficient (Wildman–Crippen LogP) is 3.35. The van der Waals surface area contributed by atoms with Crippen LogP contribution < -0.4 is 10.9 Å². The number of rotatable bonds is 4. The quantitative estimate of drug-likeness (QED) is 0.341. The summed E-state index contributed by atoms with van der Waals surface area (Å²) < 4.78 is 5.01. The van der Waals surface area contributed by atoms with Crippen LogP contribution in [-0.2, 0) is 4.79 Å². The average Bonchev–Trinajstić information content (AvgIpc) is 2.61. The van der Waals surface area contributed by atoms with Crippen LogP contribution in [0.3, 0.4) is 0 Å². The summed E-state index contributed by atoms with van der Waals surface area (Å²) in [5.74, 6) is -0.513. The van der Waals surface area contributed by atoms with Gasteiger partial charge in [-0.15, -0.1) is 0 Å². The molecule has 0 aliphatic carbocycles. The van der Waals surface area contributed by atoms with Gasteiger partial charge >= 0.3 is 11.3 Å². The number of hydrogen-bond acceptors (Lipinski definition) is 5. The van der Waals surface area contributed by atoms with Crippen LogP contribution in [0.25, 0.3) is 17.0 Å². The lowest BCUT2D eigenvalue weighted by atomic mass is 10.2. The highest BCUT2D eigenvalue weighted by Crippen LogP contribution is 2.25. The Kier molecular flexibility index (Phi) is 4.38. The minimum atomic E-state index is -0.858. The molecule has 0 saturated carbocycles. The molecule has 1 N–H and O–H groups in total. The third-order valence-electron chi connectivity index (χ3n) is 3.42. The number of carbonyl (C=O) groups is 1. The summed E-state index contributed by atoms with van der Waals surface area (Å²) >= 11 is 0. The van der Waals surface area contributed by atoms with E-state index < -0.39 is 16.5 Å². The zero-order valence-electron chi connectivity index (χ0n) is 12.8. The van der Waals surface area contributed by atoms with Gasteiger partial charge < -0.3 is 9.73 Å². The van der Waals surface area contributed by atoms with Crippen LogP contribution in [0, 0.1) is 10.1 Å². The zero-order valence-corrected chi connectivity index (χ0v) is 12.8. The molecule has 7 heteroatoms. The topological polar surface area (TPSA) is 102 Å². The van der Waals surface area contributed by atoms with Gasteiger partial charge in [-0.2, -0.15) is 0 Å². The number of carbonyl (C=O) groups excluding carboxylic acids is 1. The lowest BCUT2D eigenvalue weighted by Crippen LogP contribution is -2.15. The molecule has 0 bridgehead atoms. The van der Waals surface area contributed by atoms with Crippen molar-refractivity contribution in [1.82, 2.24) is 0 Å². The van der Waals surface area contributed by atoms with Crippen molar-refractivity contribution in [3.8, 4) is 0 Å². The Labute approximate surface area is 141 Å². The molecule has 0 spiro atoms. The first-order chi connectivity index (χ1) is 12.0. The maximum absolute atomic E-state index is 12.0. The molecule has 0 radical (unpaired) electrons. The molecule has 0 saturated heterocycles. The van der Waals surface area contributed by atoms with Gasteiger partial charge in [0.05, 0.1) is 4.92 Å². The fourth-order valence-corrected chi connectivity index (χ4v) is 2.27. The molecule has 7 nitrogen and oxygen atoms in total. The Morgan fingerprint density at radius 3 is 2.60 bits per heavy atom. The lowest BCUT2D eigenvalue weighted by molar-refractivity contribution is -0.383. The second-order valence-electron chi connectivity index (χ2n) is 5.13. The number of nitro benzene ring substituents is 1. The molecule has 0 aliphatic heterocycles. The summed E-state index contributed by atoms with van der Waals surface area (Å²) in [4.78, 5) is 34.3. The number of nitrogens with one attached hydrogen (secondary N) is 1. The van der Waals surface area contributed by atoms with Gasteiger partial charge in [-0.25, -0.2) is 4.79 Å². The summed E-state index contributed by atoms with van der Waals surface area (Å²) in [5, 5.41) is 13.7. The Balaban J connectivity index is 1.88. The van der Waals surface area contributed by atoms with Crippen molar-refractivity contribution >= 4 is 34.3 Å². The van der Waals surface area contributed by atoms with Crippen LogP contribution in [0.5, 0.6) is 0 Å². The van der Waals surface area contributed by atoms with E-state index in [9.17, 15) is 19.7 Å². The van der Waals surface area contributed by atoms with Crippen LogP contribution in [0.1, 0.15) is 5.56 Å². The average molecular weight is 336 g/mol. The smallest absolute Gasteiger partial charge is 0.360 e. The number of para-hydroxylation sites is 1. The molecule has 1 aromatic heterocycles. The van der Waals surface area contributed by atoms with Gasteiger partial charge in [0, 0.05) is 17.5 Å². The number of amides is 1. The molecular formula is C18H12N2O5. The van der Waals surface area contributed by atoms with Crippen molar-refractivity contribution < 1.29 is 14.1 Å². The molecule has 1 heterocycles. The number of fused-ring (bicyclic) bond motifs is 1. The van der Waals surface area contributed by atoms with E-state index in [-0.39, 0.29) is 17.0 Å². The lowest BCUT2D eigenvalue weighted by Gasteiger charge is -2.03. The predicted molar refractivity (Wildman–Crippen MR) is 93.2 cm³/mol. The van der Waals surface area contributed by atoms with Gasteiger partial charge in [-0.1, -0.05) is 42.5 Å². The molecule has 1 amide bonds. The largest absolute Gasteiger partial charge is 0.414 e. The number of nitrogens with zero attached hydrogens (tertiary/aromatic N) is 1. The van der Waals surface area contributed by atoms with Gasteiger partial charge in [-0.3, -0.25) is 14.9 Å². The van der Waals surface area contributed by atoms with Crippen molar-refractivity contribution in [1.29, 1.82) is 0 Å². The molecule has 3 aromatic rings. The number of non-ortho nitro benzene ring substituents is 1. The standard InChI is InChI=1S/C18H12N2O5/c21-16(10-9-12-5-2-1-3-6-12)19-14-11-13-7-4-8-15(20(23)24)17(13)25-18(14)22/h1-11H,(H,19,21)/b10-9+. The second kappa shape index (κ2) is 6.79. The van der Waals surface area contributed by atoms with Crippen molar-refractivity contribution in [2.45, 2.75) is 0 Å². The minimum Gasteiger partial charge on any atom is -0.414 e. The monoisotopic (exact) mass is 336 g/mol. The Morgan fingerprint density at radius 2 is 1.88 bits per heavy atom. The van der Waals surface area contributed by atoms with E-state index in [4.69, 9.17) is 4.42 Å². The molecule has 25 heavy (non-hydrogen) atoms. The van der Waals surface area contributed by atoms with Crippen molar-refractivity contribution in [3.05, 3.63) is 86.8 Å². The van der Waals surface area contributed by atoms with Gasteiger partial charge in [0.25, 0.3) is 0 Å². The first kappa shape index (κ1) is 16.1. The molecule has 0 fully saturated rings. The van der Waals surface area contributed by atoms with Crippen LogP contribution in [0.15, 0.2) is 69.9 Å². The molecule has 0 atom stereocenters. The van der Waals surface area contributed by atoms with Gasteiger partial charge in [0.15, 0.2) is 0 Å². The third kappa shape index (κ3) is 3.61. The second-order valence-corrected chi connectivity index (χ2v) is 5.13. The zero-order chi connectivity index (χ0) is 17.8. The number of anilines is 1. The summed E-state index contributed by atoms with van der Waals surface area (Å²) in [6, 6.07) is 14.8. The number of hydrogen-bond donors (Lipinski definition) is 1. The summed E-state index contributed by atoms with van der Waals surface area (Å²) in [6.45, 7) is 0. The highest BCUT2D eigenvalue weighted by atomic mass is 16.6. The normalized spacial score (nSPS) is 10.9. The minimum absolute atomic E-state index is 0.0873. The van der Waals surface area contributed by atoms with Crippen LogP contribution in [0.4, 0.5) is 11.4 Å². The van der Waals surface area contributed by atoms with Crippen molar-refractivity contribution in [2.24, 2.45) is 0 Å². The van der Waals surface area contributed by atoms with Crippen LogP contribution in [0.2, 0.25) is 0 Å². The fraction of sp³-hybridized carbons (Fsp3) is 0. The maximum atomic E-state index is 12.0. The first-order valence-corrected chi connectivity index (χ1v) is 7.30. The highest BCUT2D eigenvalue weighted by molar-refractivity contribution is 6.02. The highest BCUT2D eigenvalue weighted by Gasteiger charge is 2.16. The third-order valence-corrected chi connectivity index (χ3v) is 3.42. The first-order valence-electron chi connectivity index (χ1n) is 7.30. The molecule has 2 aromatic carbocycles. The Morgan fingerprint density at radius 1 is 1.12 bits per heavy atom. The van der Waals surface area contributed by atoms with E-state index in [1.54, 1.807) is 12.1 Å². The van der Waals surface area contributed by atoms with E-state index in [1.807, 2.05) is 30.3 Å². The Hall–Kier alpha value is -3.74. The molecule has 0 unspecified atom stereocenters. The van der Waals surface area contributed by atoms with Crippen molar-refractivity contribution in [2.75, 3.05) is 5.32 Å². The van der Waals surface area contributed by atoms with E-state index >= 15 is 0 Å². The fourth-order valence-electron chi connectivity index (χ4n) is 2.27. The number of benzene rings is 2. The van der Waals surface area contributed by atoms with E-state index in [0.29, 0.717) is 5.39 Å². The van der Waals surface area contributed by atoms with Crippen LogP contribution in [-0.4, -0.2) is 10.8 Å². The SMILES string of the molecule is O=C(/C=C/c1ccccc1)Nc1cc2cccc([N+](=O)[O-])c2oc1=O.